The molecule has 1 unspecified atom stereocenters. The van der Waals surface area contributed by atoms with Crippen LogP contribution in [0.15, 0.2) is 24.5 Å². The first-order chi connectivity index (χ1) is 8.66. The molecule has 4 heteroatoms. The standard InChI is InChI=1S/C14H17N3O/c1-9-3-6-12(13-15-7-8-17(9)13)14(18)16-10(2)11-4-5-11/h3,6-8,10-11H,4-5H2,1-2H3,(H,16,18). The monoisotopic (exact) mass is 243 g/mol. The third-order valence-electron chi connectivity index (χ3n) is 3.69. The summed E-state index contributed by atoms with van der Waals surface area (Å²) in [6, 6.07) is 4.06. The van der Waals surface area contributed by atoms with Crippen molar-refractivity contribution >= 4 is 11.6 Å². The summed E-state index contributed by atoms with van der Waals surface area (Å²) in [5.41, 5.74) is 2.46. The Morgan fingerprint density at radius 1 is 1.50 bits per heavy atom. The highest BCUT2D eigenvalue weighted by Crippen LogP contribution is 2.32. The van der Waals surface area contributed by atoms with Crippen molar-refractivity contribution in [2.45, 2.75) is 32.7 Å². The number of hydrogen-bond acceptors (Lipinski definition) is 2. The van der Waals surface area contributed by atoms with E-state index in [1.807, 2.05) is 29.7 Å². The number of nitrogens with one attached hydrogen (secondary N) is 1. The number of fused-ring (bicyclic) bond motifs is 1. The van der Waals surface area contributed by atoms with Gasteiger partial charge in [0.1, 0.15) is 5.65 Å². The van der Waals surface area contributed by atoms with E-state index in [-0.39, 0.29) is 11.9 Å². The zero-order valence-electron chi connectivity index (χ0n) is 10.7. The van der Waals surface area contributed by atoms with Gasteiger partial charge < -0.3 is 9.72 Å². The molecule has 2 aromatic rings. The normalized spacial score (nSPS) is 16.8. The van der Waals surface area contributed by atoms with Crippen LogP contribution in [0.2, 0.25) is 0 Å². The lowest BCUT2D eigenvalue weighted by molar-refractivity contribution is 0.0937. The van der Waals surface area contributed by atoms with Crippen molar-refractivity contribution in [1.29, 1.82) is 0 Å². The molecule has 0 bridgehead atoms. The van der Waals surface area contributed by atoms with Crippen LogP contribution >= 0.6 is 0 Å². The summed E-state index contributed by atoms with van der Waals surface area (Å²) < 4.78 is 1.94. The summed E-state index contributed by atoms with van der Waals surface area (Å²) in [5, 5.41) is 3.07. The van der Waals surface area contributed by atoms with Crippen LogP contribution in [0, 0.1) is 12.8 Å². The van der Waals surface area contributed by atoms with Gasteiger partial charge in [-0.25, -0.2) is 4.98 Å². The molecule has 2 aromatic heterocycles. The van der Waals surface area contributed by atoms with Crippen molar-refractivity contribution in [3.8, 4) is 0 Å². The van der Waals surface area contributed by atoms with Crippen molar-refractivity contribution in [2.24, 2.45) is 5.92 Å². The molecule has 1 saturated carbocycles. The van der Waals surface area contributed by atoms with Crippen LogP contribution in [0.4, 0.5) is 0 Å². The molecular weight excluding hydrogens is 226 g/mol. The first-order valence-corrected chi connectivity index (χ1v) is 6.40. The number of aryl methyl sites for hydroxylation is 1. The Morgan fingerprint density at radius 3 is 3.00 bits per heavy atom. The minimum Gasteiger partial charge on any atom is -0.349 e. The van der Waals surface area contributed by atoms with Crippen LogP contribution in [0.25, 0.3) is 5.65 Å². The van der Waals surface area contributed by atoms with Gasteiger partial charge in [0.25, 0.3) is 5.91 Å². The number of nitrogens with zero attached hydrogens (tertiary/aromatic N) is 2. The maximum Gasteiger partial charge on any atom is 0.255 e. The third-order valence-corrected chi connectivity index (χ3v) is 3.69. The number of aromatic nitrogens is 2. The van der Waals surface area contributed by atoms with Crippen LogP contribution in [-0.4, -0.2) is 21.3 Å². The lowest BCUT2D eigenvalue weighted by atomic mass is 10.2. The highest BCUT2D eigenvalue weighted by Gasteiger charge is 2.29. The Balaban J connectivity index is 1.91. The second kappa shape index (κ2) is 4.12. The minimum absolute atomic E-state index is 0.0226. The maximum absolute atomic E-state index is 12.2. The van der Waals surface area contributed by atoms with Gasteiger partial charge in [-0.05, 0) is 44.7 Å². The fourth-order valence-corrected chi connectivity index (χ4v) is 2.32. The summed E-state index contributed by atoms with van der Waals surface area (Å²) in [4.78, 5) is 16.5. The smallest absolute Gasteiger partial charge is 0.255 e. The summed E-state index contributed by atoms with van der Waals surface area (Å²) in [6.45, 7) is 4.08. The first kappa shape index (κ1) is 11.3. The molecule has 94 valence electrons. The van der Waals surface area contributed by atoms with E-state index in [1.165, 1.54) is 12.8 Å². The maximum atomic E-state index is 12.2. The summed E-state index contributed by atoms with van der Waals surface area (Å²) >= 11 is 0. The van der Waals surface area contributed by atoms with Crippen molar-refractivity contribution in [2.75, 3.05) is 0 Å². The van der Waals surface area contributed by atoms with E-state index in [1.54, 1.807) is 6.20 Å². The number of carbonyl (C=O) groups excluding carboxylic acids is 1. The second-order valence-corrected chi connectivity index (χ2v) is 5.11. The molecule has 0 radical (unpaired) electrons. The zero-order valence-corrected chi connectivity index (χ0v) is 10.7. The van der Waals surface area contributed by atoms with E-state index in [9.17, 15) is 4.79 Å². The molecule has 0 aromatic carbocycles. The number of amides is 1. The van der Waals surface area contributed by atoms with Crippen molar-refractivity contribution in [3.05, 3.63) is 35.8 Å². The zero-order chi connectivity index (χ0) is 12.7. The molecule has 4 nitrogen and oxygen atoms in total. The molecule has 18 heavy (non-hydrogen) atoms. The highest BCUT2D eigenvalue weighted by atomic mass is 16.1. The molecule has 1 fully saturated rings. The predicted octanol–water partition coefficient (Wildman–Crippen LogP) is 2.17. The van der Waals surface area contributed by atoms with Gasteiger partial charge in [0.15, 0.2) is 0 Å². The Morgan fingerprint density at radius 2 is 2.28 bits per heavy atom. The van der Waals surface area contributed by atoms with Crippen molar-refractivity contribution in [3.63, 3.8) is 0 Å². The van der Waals surface area contributed by atoms with E-state index < -0.39 is 0 Å². The van der Waals surface area contributed by atoms with E-state index in [2.05, 4.69) is 17.2 Å². The molecule has 1 aliphatic carbocycles. The predicted molar refractivity (Wildman–Crippen MR) is 69.6 cm³/mol. The van der Waals surface area contributed by atoms with Gasteiger partial charge >= 0.3 is 0 Å². The molecule has 0 spiro atoms. The molecule has 0 saturated heterocycles. The lowest BCUT2D eigenvalue weighted by Crippen LogP contribution is -2.34. The molecule has 1 atom stereocenters. The molecule has 1 amide bonds. The topological polar surface area (TPSA) is 46.4 Å². The van der Waals surface area contributed by atoms with Gasteiger partial charge in [-0.1, -0.05) is 0 Å². The number of pyridine rings is 1. The largest absolute Gasteiger partial charge is 0.349 e. The number of imidazole rings is 1. The van der Waals surface area contributed by atoms with Crippen molar-refractivity contribution in [1.82, 2.24) is 14.7 Å². The Hall–Kier alpha value is -1.84. The van der Waals surface area contributed by atoms with E-state index in [0.717, 1.165) is 11.3 Å². The molecule has 3 rings (SSSR count). The van der Waals surface area contributed by atoms with Crippen LogP contribution in [0.1, 0.15) is 35.8 Å². The number of rotatable bonds is 3. The quantitative estimate of drug-likeness (QED) is 0.898. The Kier molecular flexibility index (Phi) is 2.58. The van der Waals surface area contributed by atoms with Gasteiger partial charge in [0.05, 0.1) is 5.56 Å². The van der Waals surface area contributed by atoms with Crippen molar-refractivity contribution < 1.29 is 4.79 Å². The van der Waals surface area contributed by atoms with E-state index in [0.29, 0.717) is 11.5 Å². The Labute approximate surface area is 106 Å². The first-order valence-electron chi connectivity index (χ1n) is 6.40. The van der Waals surface area contributed by atoms with Gasteiger partial charge in [-0.3, -0.25) is 4.79 Å². The van der Waals surface area contributed by atoms with E-state index >= 15 is 0 Å². The Bertz CT molecular complexity index is 598. The average Bonchev–Trinajstić information content (AvgIpc) is 3.08. The van der Waals surface area contributed by atoms with Crippen LogP contribution < -0.4 is 5.32 Å². The molecule has 2 heterocycles. The van der Waals surface area contributed by atoms with E-state index in [4.69, 9.17) is 0 Å². The molecule has 1 N–H and O–H groups in total. The fourth-order valence-electron chi connectivity index (χ4n) is 2.32. The van der Waals surface area contributed by atoms with Gasteiger partial charge in [-0.2, -0.15) is 0 Å². The lowest BCUT2D eigenvalue weighted by Gasteiger charge is -2.13. The summed E-state index contributed by atoms with van der Waals surface area (Å²) in [5.74, 6) is 0.640. The fraction of sp³-hybridized carbons (Fsp3) is 0.429. The SMILES string of the molecule is Cc1ccc(C(=O)NC(C)C2CC2)c2nccn12. The molecule has 0 aliphatic heterocycles. The molecule has 1 aliphatic rings. The minimum atomic E-state index is -0.0226. The van der Waals surface area contributed by atoms with Gasteiger partial charge in [-0.15, -0.1) is 0 Å². The summed E-state index contributed by atoms with van der Waals surface area (Å²) in [6.07, 6.45) is 6.07. The molecular formula is C14H17N3O. The van der Waals surface area contributed by atoms with Crippen LogP contribution in [-0.2, 0) is 0 Å². The summed E-state index contributed by atoms with van der Waals surface area (Å²) in [7, 11) is 0. The highest BCUT2D eigenvalue weighted by molar-refractivity contribution is 6.00. The number of carbonyl (C=O) groups is 1. The third kappa shape index (κ3) is 1.88. The van der Waals surface area contributed by atoms with Crippen LogP contribution in [0.3, 0.4) is 0 Å². The second-order valence-electron chi connectivity index (χ2n) is 5.11. The number of hydrogen-bond donors (Lipinski definition) is 1. The van der Waals surface area contributed by atoms with Crippen LogP contribution in [0.5, 0.6) is 0 Å². The average molecular weight is 243 g/mol. The van der Waals surface area contributed by atoms with Gasteiger partial charge in [0.2, 0.25) is 0 Å². The van der Waals surface area contributed by atoms with Gasteiger partial charge in [0, 0.05) is 24.1 Å².